The molecule has 2 aliphatic heterocycles. The molecule has 0 bridgehead atoms. The normalized spacial score (nSPS) is 29.2. The van der Waals surface area contributed by atoms with E-state index in [4.69, 9.17) is 4.74 Å². The van der Waals surface area contributed by atoms with E-state index in [9.17, 15) is 5.11 Å². The Kier molecular flexibility index (Phi) is 4.48. The lowest BCUT2D eigenvalue weighted by Gasteiger charge is -2.27. The monoisotopic (exact) mass is 290 g/mol. The highest BCUT2D eigenvalue weighted by atomic mass is 16.5. The van der Waals surface area contributed by atoms with Crippen LogP contribution in [0.25, 0.3) is 0 Å². The van der Waals surface area contributed by atoms with Crippen LogP contribution in [0, 0.1) is 0 Å². The molecule has 1 aromatic rings. The van der Waals surface area contributed by atoms with Gasteiger partial charge < -0.3 is 20.1 Å². The highest BCUT2D eigenvalue weighted by Gasteiger charge is 2.38. The highest BCUT2D eigenvalue weighted by molar-refractivity contribution is 5.54. The predicted molar refractivity (Wildman–Crippen MR) is 84.6 cm³/mol. The number of nitrogens with zero attached hydrogens (tertiary/aromatic N) is 1. The maximum absolute atomic E-state index is 10.5. The molecule has 0 aromatic heterocycles. The minimum atomic E-state index is -0.720. The van der Waals surface area contributed by atoms with Gasteiger partial charge >= 0.3 is 0 Å². The Morgan fingerprint density at radius 1 is 1.33 bits per heavy atom. The lowest BCUT2D eigenvalue weighted by molar-refractivity contribution is -0.0262. The molecule has 116 valence electrons. The second-order valence-electron chi connectivity index (χ2n) is 6.29. The first-order valence-corrected chi connectivity index (χ1v) is 8.07. The van der Waals surface area contributed by atoms with E-state index in [0.717, 1.165) is 26.1 Å². The number of hydrogen-bond acceptors (Lipinski definition) is 4. The fourth-order valence-corrected chi connectivity index (χ4v) is 3.34. The highest BCUT2D eigenvalue weighted by Crippen LogP contribution is 2.26. The summed E-state index contributed by atoms with van der Waals surface area (Å²) in [6.45, 7) is 6.30. The largest absolute Gasteiger partial charge is 0.386 e. The number of nitrogens with one attached hydrogen (secondary N) is 1. The first-order valence-electron chi connectivity index (χ1n) is 8.07. The molecule has 21 heavy (non-hydrogen) atoms. The van der Waals surface area contributed by atoms with Gasteiger partial charge in [0.25, 0.3) is 0 Å². The minimum absolute atomic E-state index is 0.0844. The number of rotatable bonds is 5. The third kappa shape index (κ3) is 3.23. The summed E-state index contributed by atoms with van der Waals surface area (Å²) in [6.07, 6.45) is 3.21. The van der Waals surface area contributed by atoms with Crippen LogP contribution in [0.4, 0.5) is 5.69 Å². The van der Waals surface area contributed by atoms with Crippen molar-refractivity contribution in [1.82, 2.24) is 5.32 Å². The molecular formula is C17H26N2O2. The third-order valence-corrected chi connectivity index (χ3v) is 4.84. The van der Waals surface area contributed by atoms with Crippen molar-refractivity contribution in [2.75, 3.05) is 31.1 Å². The molecule has 2 aliphatic rings. The summed E-state index contributed by atoms with van der Waals surface area (Å²) in [5.74, 6) is 0. The van der Waals surface area contributed by atoms with Gasteiger partial charge in [-0.3, -0.25) is 0 Å². The zero-order chi connectivity index (χ0) is 14.7. The average molecular weight is 290 g/mol. The number of aliphatic hydroxyl groups is 1. The van der Waals surface area contributed by atoms with Crippen LogP contribution in [0.5, 0.6) is 0 Å². The van der Waals surface area contributed by atoms with Crippen molar-refractivity contribution in [1.29, 1.82) is 0 Å². The quantitative estimate of drug-likeness (QED) is 0.869. The van der Waals surface area contributed by atoms with Gasteiger partial charge in [-0.1, -0.05) is 18.2 Å². The molecule has 0 saturated carbocycles. The summed E-state index contributed by atoms with van der Waals surface area (Å²) in [5.41, 5.74) is 1.93. The molecule has 2 unspecified atom stereocenters. The fraction of sp³-hybridized carbons (Fsp3) is 0.647. The number of benzene rings is 1. The van der Waals surface area contributed by atoms with Gasteiger partial charge in [0.2, 0.25) is 0 Å². The maximum atomic E-state index is 10.5. The van der Waals surface area contributed by atoms with Crippen molar-refractivity contribution in [2.45, 2.75) is 44.4 Å². The number of anilines is 1. The summed E-state index contributed by atoms with van der Waals surface area (Å²) in [4.78, 5) is 2.47. The Morgan fingerprint density at radius 3 is 2.81 bits per heavy atom. The molecule has 4 nitrogen and oxygen atoms in total. The number of hydrogen-bond donors (Lipinski definition) is 2. The third-order valence-electron chi connectivity index (χ3n) is 4.84. The fourth-order valence-electron chi connectivity index (χ4n) is 3.34. The lowest BCUT2D eigenvalue weighted by atomic mass is 9.96. The van der Waals surface area contributed by atoms with Crippen molar-refractivity contribution in [3.63, 3.8) is 0 Å². The molecule has 4 heteroatoms. The number of para-hydroxylation sites is 1. The molecule has 2 atom stereocenters. The number of ether oxygens (including phenoxy) is 1. The van der Waals surface area contributed by atoms with E-state index >= 15 is 0 Å². The van der Waals surface area contributed by atoms with Crippen molar-refractivity contribution >= 4 is 5.69 Å². The van der Waals surface area contributed by atoms with E-state index in [-0.39, 0.29) is 6.10 Å². The molecule has 2 N–H and O–H groups in total. The van der Waals surface area contributed by atoms with Crippen LogP contribution in [0.2, 0.25) is 0 Å². The first-order chi connectivity index (χ1) is 10.2. The maximum Gasteiger partial charge on any atom is 0.105 e. The Bertz CT molecular complexity index is 474. The SMILES string of the molecule is CC1OCCC1(O)CNCc1ccccc1N1CCCC1. The zero-order valence-corrected chi connectivity index (χ0v) is 12.8. The second kappa shape index (κ2) is 6.34. The standard InChI is InChI=1S/C17H26N2O2/c1-14-17(20,8-11-21-14)13-18-12-15-6-2-3-7-16(15)19-9-4-5-10-19/h2-3,6-7,14,18,20H,4-5,8-13H2,1H3. The van der Waals surface area contributed by atoms with Gasteiger partial charge in [-0.15, -0.1) is 0 Å². The van der Waals surface area contributed by atoms with E-state index in [1.807, 2.05) is 6.92 Å². The summed E-state index contributed by atoms with van der Waals surface area (Å²) < 4.78 is 5.48. The van der Waals surface area contributed by atoms with Crippen LogP contribution in [0.15, 0.2) is 24.3 Å². The van der Waals surface area contributed by atoms with Crippen molar-refractivity contribution in [3.05, 3.63) is 29.8 Å². The smallest absolute Gasteiger partial charge is 0.105 e. The van der Waals surface area contributed by atoms with Gasteiger partial charge in [0.15, 0.2) is 0 Å². The molecule has 1 aromatic carbocycles. The summed E-state index contributed by atoms with van der Waals surface area (Å²) in [7, 11) is 0. The van der Waals surface area contributed by atoms with Gasteiger partial charge in [0, 0.05) is 44.9 Å². The van der Waals surface area contributed by atoms with Gasteiger partial charge in [-0.2, -0.15) is 0 Å². The van der Waals surface area contributed by atoms with Crippen LogP contribution in [-0.2, 0) is 11.3 Å². The summed E-state index contributed by atoms with van der Waals surface area (Å²) in [6, 6.07) is 8.59. The Balaban J connectivity index is 1.60. The second-order valence-corrected chi connectivity index (χ2v) is 6.29. The van der Waals surface area contributed by atoms with E-state index in [0.29, 0.717) is 13.2 Å². The van der Waals surface area contributed by atoms with E-state index in [1.54, 1.807) is 0 Å². The topological polar surface area (TPSA) is 44.7 Å². The Labute approximate surface area is 127 Å². The van der Waals surface area contributed by atoms with Crippen molar-refractivity contribution in [2.24, 2.45) is 0 Å². The van der Waals surface area contributed by atoms with Crippen molar-refractivity contribution in [3.8, 4) is 0 Å². The van der Waals surface area contributed by atoms with Gasteiger partial charge in [-0.25, -0.2) is 0 Å². The van der Waals surface area contributed by atoms with Crippen LogP contribution in [0.1, 0.15) is 31.7 Å². The zero-order valence-electron chi connectivity index (χ0n) is 12.8. The summed E-state index contributed by atoms with van der Waals surface area (Å²) >= 11 is 0. The van der Waals surface area contributed by atoms with Gasteiger partial charge in [0.05, 0.1) is 6.10 Å². The van der Waals surface area contributed by atoms with E-state index in [1.165, 1.54) is 24.1 Å². The van der Waals surface area contributed by atoms with Crippen molar-refractivity contribution < 1.29 is 9.84 Å². The molecule has 0 aliphatic carbocycles. The van der Waals surface area contributed by atoms with Gasteiger partial charge in [-0.05, 0) is 31.4 Å². The van der Waals surface area contributed by atoms with Crippen LogP contribution >= 0.6 is 0 Å². The first kappa shape index (κ1) is 14.8. The molecule has 0 amide bonds. The Morgan fingerprint density at radius 2 is 2.10 bits per heavy atom. The van der Waals surface area contributed by atoms with Crippen LogP contribution < -0.4 is 10.2 Å². The molecule has 3 rings (SSSR count). The molecule has 0 radical (unpaired) electrons. The van der Waals surface area contributed by atoms with E-state index in [2.05, 4.69) is 34.5 Å². The van der Waals surface area contributed by atoms with Crippen LogP contribution in [-0.4, -0.2) is 43.1 Å². The summed E-state index contributed by atoms with van der Waals surface area (Å²) in [5, 5.41) is 13.9. The molecule has 2 saturated heterocycles. The predicted octanol–water partition coefficient (Wildman–Crippen LogP) is 1.92. The molecule has 2 heterocycles. The molecular weight excluding hydrogens is 264 g/mol. The molecule has 2 fully saturated rings. The minimum Gasteiger partial charge on any atom is -0.386 e. The van der Waals surface area contributed by atoms with Crippen LogP contribution in [0.3, 0.4) is 0 Å². The lowest BCUT2D eigenvalue weighted by Crippen LogP contribution is -2.45. The van der Waals surface area contributed by atoms with Gasteiger partial charge in [0.1, 0.15) is 5.60 Å². The molecule has 0 spiro atoms. The Hall–Kier alpha value is -1.10. The average Bonchev–Trinajstić information content (AvgIpc) is 3.11. The van der Waals surface area contributed by atoms with E-state index < -0.39 is 5.60 Å².